The first kappa shape index (κ1) is 19.5. The van der Waals surface area contributed by atoms with Crippen LogP contribution in [0.2, 0.25) is 0 Å². The number of aromatic nitrogens is 4. The molecule has 0 atom stereocenters. The molecule has 6 aromatic rings. The Morgan fingerprint density at radius 1 is 0.939 bits per heavy atom. The van der Waals surface area contributed by atoms with Crippen LogP contribution in [-0.2, 0) is 0 Å². The van der Waals surface area contributed by atoms with Gasteiger partial charge in [-0.15, -0.1) is 0 Å². The van der Waals surface area contributed by atoms with Crippen molar-refractivity contribution >= 4 is 33.4 Å². The molecule has 3 heterocycles. The number of ether oxygens (including phenoxy) is 1. The number of benzene rings is 3. The fraction of sp³-hybridized carbons (Fsp3) is 0.0385. The molecule has 0 spiro atoms. The van der Waals surface area contributed by atoms with Gasteiger partial charge in [0, 0.05) is 17.3 Å². The lowest BCUT2D eigenvalue weighted by atomic mass is 10.1. The van der Waals surface area contributed by atoms with Crippen molar-refractivity contribution in [1.82, 2.24) is 19.2 Å². The van der Waals surface area contributed by atoms with Gasteiger partial charge in [0.05, 0.1) is 28.4 Å². The molecule has 0 amide bonds. The molecular formula is C26H18N4O2S. The number of para-hydroxylation sites is 3. The van der Waals surface area contributed by atoms with Crippen molar-refractivity contribution in [2.45, 2.75) is 0 Å². The van der Waals surface area contributed by atoms with E-state index in [1.807, 2.05) is 95.8 Å². The zero-order valence-corrected chi connectivity index (χ0v) is 18.5. The van der Waals surface area contributed by atoms with Gasteiger partial charge in [-0.25, -0.2) is 14.1 Å². The lowest BCUT2D eigenvalue weighted by molar-refractivity contribution is 0.415. The van der Waals surface area contributed by atoms with Gasteiger partial charge in [0.1, 0.15) is 11.4 Å². The Hall–Kier alpha value is -4.23. The van der Waals surface area contributed by atoms with E-state index >= 15 is 0 Å². The summed E-state index contributed by atoms with van der Waals surface area (Å²) in [6, 6.07) is 25.4. The lowest BCUT2D eigenvalue weighted by Crippen LogP contribution is -2.22. The highest BCUT2D eigenvalue weighted by Gasteiger charge is 2.14. The van der Waals surface area contributed by atoms with Crippen molar-refractivity contribution in [3.8, 4) is 22.7 Å². The molecule has 6 nitrogen and oxygen atoms in total. The maximum atomic E-state index is 13.3. The lowest BCUT2D eigenvalue weighted by Gasteiger charge is -2.02. The Labute approximate surface area is 192 Å². The third-order valence-corrected chi connectivity index (χ3v) is 6.53. The summed E-state index contributed by atoms with van der Waals surface area (Å²) in [5.41, 5.74) is 5.10. The van der Waals surface area contributed by atoms with E-state index in [-0.39, 0.29) is 5.56 Å². The average molecular weight is 451 g/mol. The summed E-state index contributed by atoms with van der Waals surface area (Å²) in [5, 5.41) is 4.85. The van der Waals surface area contributed by atoms with Crippen LogP contribution in [0.4, 0.5) is 0 Å². The van der Waals surface area contributed by atoms with Gasteiger partial charge in [0.25, 0.3) is 5.56 Å². The van der Waals surface area contributed by atoms with Crippen molar-refractivity contribution in [2.24, 2.45) is 0 Å². The molecule has 0 fully saturated rings. The number of nitrogens with zero attached hydrogens (tertiary/aromatic N) is 4. The normalized spacial score (nSPS) is 12.1. The van der Waals surface area contributed by atoms with Crippen LogP contribution in [0.1, 0.15) is 5.56 Å². The monoisotopic (exact) mass is 450 g/mol. The van der Waals surface area contributed by atoms with Crippen LogP contribution in [0.3, 0.4) is 0 Å². The molecule has 0 bridgehead atoms. The molecule has 0 saturated heterocycles. The predicted octanol–water partition coefficient (Wildman–Crippen LogP) is 4.32. The third-order valence-electron chi connectivity index (χ3n) is 5.56. The minimum atomic E-state index is -0.0724. The molecule has 3 aromatic carbocycles. The van der Waals surface area contributed by atoms with Crippen LogP contribution >= 0.6 is 11.3 Å². The molecule has 0 unspecified atom stereocenters. The van der Waals surface area contributed by atoms with Crippen LogP contribution in [0.15, 0.2) is 89.9 Å². The van der Waals surface area contributed by atoms with Crippen molar-refractivity contribution in [1.29, 1.82) is 0 Å². The summed E-state index contributed by atoms with van der Waals surface area (Å²) < 4.78 is 9.43. The number of rotatable bonds is 4. The predicted molar refractivity (Wildman–Crippen MR) is 131 cm³/mol. The number of fused-ring (bicyclic) bond motifs is 3. The summed E-state index contributed by atoms with van der Waals surface area (Å²) in [4.78, 5) is 18.6. The Morgan fingerprint density at radius 2 is 1.70 bits per heavy atom. The van der Waals surface area contributed by atoms with Crippen LogP contribution in [0, 0.1) is 0 Å². The van der Waals surface area contributed by atoms with E-state index in [9.17, 15) is 4.79 Å². The summed E-state index contributed by atoms with van der Waals surface area (Å²) >= 11 is 1.39. The first-order chi connectivity index (χ1) is 16.2. The average Bonchev–Trinajstić information content (AvgIpc) is 3.53. The molecule has 6 rings (SSSR count). The summed E-state index contributed by atoms with van der Waals surface area (Å²) in [5.74, 6) is 0.778. The fourth-order valence-electron chi connectivity index (χ4n) is 3.93. The smallest absolute Gasteiger partial charge is 0.274 e. The summed E-state index contributed by atoms with van der Waals surface area (Å²) in [6.45, 7) is 0. The number of hydrogen-bond acceptors (Lipinski definition) is 5. The minimum absolute atomic E-state index is 0.0724. The van der Waals surface area contributed by atoms with Crippen LogP contribution < -0.4 is 14.8 Å². The highest BCUT2D eigenvalue weighted by atomic mass is 32.1. The standard InChI is InChI=1S/C26H18N4O2S/c1-32-20-13-11-17(12-14-20)24-18(16-29(28-24)19-7-3-2-4-8-19)15-23-25(31)30-22-10-6-5-9-21(22)27-26(30)33-23/h2-16H,1H3/b23-15+. The Morgan fingerprint density at radius 3 is 2.48 bits per heavy atom. The Balaban J connectivity index is 1.56. The van der Waals surface area contributed by atoms with E-state index in [0.717, 1.165) is 39.3 Å². The SMILES string of the molecule is COc1ccc(-c2nn(-c3ccccc3)cc2/C=c2/sc3nc4ccccc4n3c2=O)cc1. The maximum absolute atomic E-state index is 13.3. The molecule has 0 aliphatic rings. The number of imidazole rings is 1. The molecule has 33 heavy (non-hydrogen) atoms. The second-order valence-corrected chi connectivity index (χ2v) is 8.59. The van der Waals surface area contributed by atoms with Crippen LogP contribution in [-0.4, -0.2) is 26.3 Å². The zero-order valence-electron chi connectivity index (χ0n) is 17.7. The van der Waals surface area contributed by atoms with Gasteiger partial charge in [-0.1, -0.05) is 41.7 Å². The van der Waals surface area contributed by atoms with Crippen molar-refractivity contribution < 1.29 is 4.74 Å². The quantitative estimate of drug-likeness (QED) is 0.401. The van der Waals surface area contributed by atoms with Gasteiger partial charge in [0.15, 0.2) is 4.96 Å². The van der Waals surface area contributed by atoms with E-state index in [2.05, 4.69) is 4.98 Å². The van der Waals surface area contributed by atoms with Gasteiger partial charge < -0.3 is 4.74 Å². The van der Waals surface area contributed by atoms with E-state index < -0.39 is 0 Å². The molecule has 3 aromatic heterocycles. The number of thiazole rings is 1. The van der Waals surface area contributed by atoms with Crippen molar-refractivity contribution in [2.75, 3.05) is 7.11 Å². The first-order valence-corrected chi connectivity index (χ1v) is 11.2. The molecule has 0 radical (unpaired) electrons. The van der Waals surface area contributed by atoms with Crippen LogP contribution in [0.5, 0.6) is 5.75 Å². The number of methoxy groups -OCH3 is 1. The highest BCUT2D eigenvalue weighted by Crippen LogP contribution is 2.26. The minimum Gasteiger partial charge on any atom is -0.497 e. The van der Waals surface area contributed by atoms with E-state index in [1.165, 1.54) is 11.3 Å². The van der Waals surface area contributed by atoms with Crippen molar-refractivity contribution in [3.63, 3.8) is 0 Å². The summed E-state index contributed by atoms with van der Waals surface area (Å²) in [6.07, 6.45) is 3.86. The molecular weight excluding hydrogens is 432 g/mol. The topological polar surface area (TPSA) is 61.4 Å². The van der Waals surface area contributed by atoms with Gasteiger partial charge in [-0.2, -0.15) is 5.10 Å². The second kappa shape index (κ2) is 7.72. The molecule has 0 saturated carbocycles. The van der Waals surface area contributed by atoms with Crippen molar-refractivity contribution in [3.05, 3.63) is 106 Å². The van der Waals surface area contributed by atoms with E-state index in [0.29, 0.717) is 9.49 Å². The van der Waals surface area contributed by atoms with Gasteiger partial charge in [-0.3, -0.25) is 4.79 Å². The molecule has 0 aliphatic heterocycles. The van der Waals surface area contributed by atoms with E-state index in [4.69, 9.17) is 9.84 Å². The second-order valence-electron chi connectivity index (χ2n) is 7.58. The van der Waals surface area contributed by atoms with Gasteiger partial charge in [-0.05, 0) is 54.6 Å². The zero-order chi connectivity index (χ0) is 22.4. The Bertz CT molecular complexity index is 1710. The highest BCUT2D eigenvalue weighted by molar-refractivity contribution is 7.15. The van der Waals surface area contributed by atoms with Gasteiger partial charge >= 0.3 is 0 Å². The summed E-state index contributed by atoms with van der Waals surface area (Å²) in [7, 11) is 1.64. The van der Waals surface area contributed by atoms with Crippen LogP contribution in [0.25, 0.3) is 39.0 Å². The first-order valence-electron chi connectivity index (χ1n) is 10.4. The third kappa shape index (κ3) is 3.30. The number of hydrogen-bond donors (Lipinski definition) is 0. The fourth-order valence-corrected chi connectivity index (χ4v) is 4.91. The molecule has 7 heteroatoms. The largest absolute Gasteiger partial charge is 0.497 e. The Kier molecular flexibility index (Phi) is 4.55. The molecule has 0 N–H and O–H groups in total. The van der Waals surface area contributed by atoms with Gasteiger partial charge in [0.2, 0.25) is 0 Å². The maximum Gasteiger partial charge on any atom is 0.274 e. The molecule has 160 valence electrons. The van der Waals surface area contributed by atoms with E-state index in [1.54, 1.807) is 11.5 Å². The molecule has 0 aliphatic carbocycles.